The molecule has 4 aromatic rings. The van der Waals surface area contributed by atoms with E-state index >= 15 is 0 Å². The number of carbonyl (C=O) groups is 2. The van der Waals surface area contributed by atoms with E-state index in [0.717, 1.165) is 27.7 Å². The average molecular weight is 515 g/mol. The van der Waals surface area contributed by atoms with Crippen LogP contribution in [0.3, 0.4) is 0 Å². The van der Waals surface area contributed by atoms with E-state index < -0.39 is 24.2 Å². The Morgan fingerprint density at radius 1 is 0.868 bits per heavy atom. The van der Waals surface area contributed by atoms with Gasteiger partial charge in [-0.15, -0.1) is 0 Å². The molecule has 4 rings (SSSR count). The SMILES string of the molecule is CC(C)CCc1c(CF)n(C(=O)Cc2ccccc2)c(=O)n1Cc1ccc(-c2ccccc2C(=O)O)cc1. The highest BCUT2D eigenvalue weighted by Gasteiger charge is 2.24. The van der Waals surface area contributed by atoms with Crippen LogP contribution in [0.1, 0.15) is 57.9 Å². The Morgan fingerprint density at radius 2 is 1.53 bits per heavy atom. The lowest BCUT2D eigenvalue weighted by atomic mass is 9.98. The number of imidazole rings is 1. The van der Waals surface area contributed by atoms with E-state index in [9.17, 15) is 23.9 Å². The fourth-order valence-electron chi connectivity index (χ4n) is 4.64. The van der Waals surface area contributed by atoms with Crippen LogP contribution < -0.4 is 5.69 Å². The Bertz CT molecular complexity index is 1480. The van der Waals surface area contributed by atoms with Crippen molar-refractivity contribution in [3.05, 3.63) is 117 Å². The summed E-state index contributed by atoms with van der Waals surface area (Å²) in [6.07, 6.45) is 1.22. The minimum Gasteiger partial charge on any atom is -0.478 e. The minimum absolute atomic E-state index is 0.000929. The van der Waals surface area contributed by atoms with Crippen molar-refractivity contribution in [3.63, 3.8) is 0 Å². The number of carboxylic acids is 1. The molecule has 0 aliphatic rings. The van der Waals surface area contributed by atoms with Crippen molar-refractivity contribution in [1.29, 1.82) is 0 Å². The van der Waals surface area contributed by atoms with Gasteiger partial charge in [-0.1, -0.05) is 86.6 Å². The summed E-state index contributed by atoms with van der Waals surface area (Å²) < 4.78 is 16.9. The van der Waals surface area contributed by atoms with E-state index in [4.69, 9.17) is 0 Å². The number of nitrogens with zero attached hydrogens (tertiary/aromatic N) is 2. The zero-order valence-corrected chi connectivity index (χ0v) is 21.6. The average Bonchev–Trinajstić information content (AvgIpc) is 3.18. The van der Waals surface area contributed by atoms with Gasteiger partial charge in [-0.25, -0.2) is 18.5 Å². The van der Waals surface area contributed by atoms with Crippen LogP contribution in [0, 0.1) is 5.92 Å². The summed E-state index contributed by atoms with van der Waals surface area (Å²) in [7, 11) is 0. The third-order valence-corrected chi connectivity index (χ3v) is 6.65. The number of aromatic nitrogens is 2. The largest absolute Gasteiger partial charge is 0.478 e. The lowest BCUT2D eigenvalue weighted by Crippen LogP contribution is -2.31. The van der Waals surface area contributed by atoms with Crippen LogP contribution in [0.15, 0.2) is 83.7 Å². The molecule has 0 bridgehead atoms. The first-order valence-electron chi connectivity index (χ1n) is 12.7. The summed E-state index contributed by atoms with van der Waals surface area (Å²) in [4.78, 5) is 38.3. The molecule has 0 fully saturated rings. The van der Waals surface area contributed by atoms with E-state index in [2.05, 4.69) is 13.8 Å². The van der Waals surface area contributed by atoms with E-state index in [1.165, 1.54) is 4.57 Å². The van der Waals surface area contributed by atoms with E-state index in [-0.39, 0.29) is 24.2 Å². The smallest absolute Gasteiger partial charge is 0.336 e. The van der Waals surface area contributed by atoms with Crippen molar-refractivity contribution in [2.24, 2.45) is 5.92 Å². The lowest BCUT2D eigenvalue weighted by Gasteiger charge is -2.11. The van der Waals surface area contributed by atoms with Gasteiger partial charge in [0.25, 0.3) is 0 Å². The predicted molar refractivity (Wildman–Crippen MR) is 145 cm³/mol. The summed E-state index contributed by atoms with van der Waals surface area (Å²) in [5.41, 5.74) is 3.18. The zero-order valence-electron chi connectivity index (χ0n) is 21.6. The molecule has 0 aliphatic heterocycles. The van der Waals surface area contributed by atoms with Crippen LogP contribution in [0.4, 0.5) is 4.39 Å². The van der Waals surface area contributed by atoms with Gasteiger partial charge in [-0.2, -0.15) is 0 Å². The van der Waals surface area contributed by atoms with E-state index in [0.29, 0.717) is 23.6 Å². The molecule has 0 unspecified atom stereocenters. The lowest BCUT2D eigenvalue weighted by molar-refractivity contribution is 0.0697. The maximum atomic E-state index is 14.4. The summed E-state index contributed by atoms with van der Waals surface area (Å²) in [5.74, 6) is -1.13. The number of rotatable bonds is 10. The van der Waals surface area contributed by atoms with Crippen molar-refractivity contribution < 1.29 is 19.1 Å². The van der Waals surface area contributed by atoms with Crippen LogP contribution in [0.5, 0.6) is 0 Å². The van der Waals surface area contributed by atoms with Crippen LogP contribution in [-0.2, 0) is 26.1 Å². The number of alkyl halides is 1. The molecular weight excluding hydrogens is 483 g/mol. The molecule has 0 aliphatic carbocycles. The molecule has 7 heteroatoms. The van der Waals surface area contributed by atoms with Crippen LogP contribution >= 0.6 is 0 Å². The van der Waals surface area contributed by atoms with Crippen molar-refractivity contribution in [2.45, 2.75) is 46.3 Å². The maximum Gasteiger partial charge on any atom is 0.336 e. The molecule has 0 amide bonds. The number of benzene rings is 3. The highest BCUT2D eigenvalue weighted by atomic mass is 19.1. The number of aromatic carboxylic acids is 1. The van der Waals surface area contributed by atoms with Crippen molar-refractivity contribution >= 4 is 11.9 Å². The first-order chi connectivity index (χ1) is 18.3. The van der Waals surface area contributed by atoms with Gasteiger partial charge in [0, 0.05) is 5.69 Å². The third kappa shape index (κ3) is 5.83. The topological polar surface area (TPSA) is 81.3 Å². The Morgan fingerprint density at radius 3 is 2.16 bits per heavy atom. The number of hydrogen-bond acceptors (Lipinski definition) is 3. The van der Waals surface area contributed by atoms with E-state index in [1.807, 2.05) is 42.5 Å². The Balaban J connectivity index is 1.70. The molecule has 196 valence electrons. The molecule has 6 nitrogen and oxygen atoms in total. The standard InChI is InChI=1S/C31H31FN2O4/c1-21(2)12-17-27-28(19-32)34(29(35)18-22-8-4-3-5-9-22)31(38)33(27)20-23-13-15-24(16-14-23)25-10-6-7-11-26(25)30(36)37/h3-11,13-16,21H,12,17-20H2,1-2H3,(H,36,37). The number of carboxylic acid groups (broad SMARTS) is 1. The van der Waals surface area contributed by atoms with Crippen molar-refractivity contribution in [3.8, 4) is 11.1 Å². The fraction of sp³-hybridized carbons (Fsp3) is 0.258. The second kappa shape index (κ2) is 11.9. The maximum absolute atomic E-state index is 14.4. The van der Waals surface area contributed by atoms with Crippen LogP contribution in [-0.4, -0.2) is 26.1 Å². The molecule has 38 heavy (non-hydrogen) atoms. The summed E-state index contributed by atoms with van der Waals surface area (Å²) in [5, 5.41) is 9.52. The molecule has 0 atom stereocenters. The van der Waals surface area contributed by atoms with Gasteiger partial charge in [0.15, 0.2) is 0 Å². The number of halogens is 1. The molecule has 0 saturated heterocycles. The Hall–Kier alpha value is -4.26. The summed E-state index contributed by atoms with van der Waals surface area (Å²) in [6.45, 7) is 3.37. The second-order valence-corrected chi connectivity index (χ2v) is 9.77. The highest BCUT2D eigenvalue weighted by Crippen LogP contribution is 2.25. The Kier molecular flexibility index (Phi) is 8.36. The number of carbonyl (C=O) groups excluding carboxylic acids is 1. The molecule has 0 radical (unpaired) electrons. The first-order valence-corrected chi connectivity index (χ1v) is 12.7. The third-order valence-electron chi connectivity index (χ3n) is 6.65. The molecule has 0 saturated carbocycles. The normalized spacial score (nSPS) is 11.2. The monoisotopic (exact) mass is 514 g/mol. The first kappa shape index (κ1) is 26.8. The van der Waals surface area contributed by atoms with Gasteiger partial charge in [-0.3, -0.25) is 9.36 Å². The van der Waals surface area contributed by atoms with Gasteiger partial charge >= 0.3 is 11.7 Å². The molecule has 0 spiro atoms. The highest BCUT2D eigenvalue weighted by molar-refractivity contribution is 5.96. The molecule has 1 heterocycles. The molecule has 1 aromatic heterocycles. The summed E-state index contributed by atoms with van der Waals surface area (Å²) >= 11 is 0. The quantitative estimate of drug-likeness (QED) is 0.281. The van der Waals surface area contributed by atoms with Gasteiger partial charge in [0.2, 0.25) is 5.91 Å². The zero-order chi connectivity index (χ0) is 27.2. The molecular formula is C31H31FN2O4. The van der Waals surface area contributed by atoms with Crippen molar-refractivity contribution in [1.82, 2.24) is 9.13 Å². The van der Waals surface area contributed by atoms with E-state index in [1.54, 1.807) is 36.4 Å². The summed E-state index contributed by atoms with van der Waals surface area (Å²) in [6, 6.07) is 23.1. The van der Waals surface area contributed by atoms with Crippen LogP contribution in [0.25, 0.3) is 11.1 Å². The predicted octanol–water partition coefficient (Wildman–Crippen LogP) is 6.00. The van der Waals surface area contributed by atoms with Gasteiger partial charge in [-0.05, 0) is 47.1 Å². The van der Waals surface area contributed by atoms with Gasteiger partial charge in [0.1, 0.15) is 6.67 Å². The van der Waals surface area contributed by atoms with Crippen molar-refractivity contribution in [2.75, 3.05) is 0 Å². The fourth-order valence-corrected chi connectivity index (χ4v) is 4.64. The number of hydrogen-bond donors (Lipinski definition) is 1. The van der Waals surface area contributed by atoms with Crippen LogP contribution in [0.2, 0.25) is 0 Å². The minimum atomic E-state index is -1.01. The molecule has 3 aromatic carbocycles. The van der Waals surface area contributed by atoms with Gasteiger partial charge < -0.3 is 5.11 Å². The second-order valence-electron chi connectivity index (χ2n) is 9.77. The Labute approximate surface area is 221 Å². The molecule has 1 N–H and O–H groups in total. The van der Waals surface area contributed by atoms with Gasteiger partial charge in [0.05, 0.1) is 24.2 Å².